The summed E-state index contributed by atoms with van der Waals surface area (Å²) in [6.45, 7) is 6.26. The molecule has 1 fully saturated rings. The van der Waals surface area contributed by atoms with Crippen molar-refractivity contribution in [1.29, 1.82) is 0 Å². The molecule has 1 aliphatic heterocycles. The highest BCUT2D eigenvalue weighted by molar-refractivity contribution is 5.53. The van der Waals surface area contributed by atoms with E-state index in [0.29, 0.717) is 6.61 Å². The zero-order valence-electron chi connectivity index (χ0n) is 13.2. The van der Waals surface area contributed by atoms with Crippen molar-refractivity contribution in [1.82, 2.24) is 29.3 Å². The first-order valence-electron chi connectivity index (χ1n) is 7.98. The molecule has 0 saturated carbocycles. The van der Waals surface area contributed by atoms with Crippen LogP contribution in [-0.4, -0.2) is 49.0 Å². The number of hydrogen-bond acceptors (Lipinski definition) is 5. The average molecular weight is 312 g/mol. The minimum Gasteiger partial charge on any atom is -0.368 e. The molecule has 3 aromatic heterocycles. The van der Waals surface area contributed by atoms with Gasteiger partial charge in [-0.1, -0.05) is 6.07 Å². The van der Waals surface area contributed by atoms with Crippen LogP contribution in [0.1, 0.15) is 24.4 Å². The summed E-state index contributed by atoms with van der Waals surface area (Å²) in [4.78, 5) is 2.40. The fourth-order valence-electron chi connectivity index (χ4n) is 3.11. The van der Waals surface area contributed by atoms with Gasteiger partial charge in [-0.25, -0.2) is 4.52 Å². The Morgan fingerprint density at radius 1 is 1.35 bits per heavy atom. The number of aryl methyl sites for hydroxylation is 1. The lowest BCUT2D eigenvalue weighted by atomic mass is 10.2. The molecule has 120 valence electrons. The van der Waals surface area contributed by atoms with E-state index in [-0.39, 0.29) is 6.10 Å². The van der Waals surface area contributed by atoms with Crippen molar-refractivity contribution < 1.29 is 4.74 Å². The highest BCUT2D eigenvalue weighted by Gasteiger charge is 2.26. The molecule has 0 aliphatic carbocycles. The number of hydrogen-bond donors (Lipinski definition) is 0. The van der Waals surface area contributed by atoms with Crippen molar-refractivity contribution >= 4 is 5.52 Å². The lowest BCUT2D eigenvalue weighted by molar-refractivity contribution is -0.0387. The quantitative estimate of drug-likeness (QED) is 0.731. The Balaban J connectivity index is 1.51. The molecule has 4 rings (SSSR count). The van der Waals surface area contributed by atoms with Crippen LogP contribution in [0.5, 0.6) is 0 Å². The van der Waals surface area contributed by atoms with Crippen molar-refractivity contribution in [2.24, 2.45) is 0 Å². The zero-order valence-corrected chi connectivity index (χ0v) is 13.2. The first kappa shape index (κ1) is 14.3. The monoisotopic (exact) mass is 312 g/mol. The molecule has 1 aliphatic rings. The molecule has 1 atom stereocenters. The van der Waals surface area contributed by atoms with Crippen molar-refractivity contribution in [2.45, 2.75) is 26.1 Å². The summed E-state index contributed by atoms with van der Waals surface area (Å²) in [6, 6.07) is 6.15. The van der Waals surface area contributed by atoms with Crippen LogP contribution in [0.15, 0.2) is 36.9 Å². The standard InChI is InChI=1S/C16H20N6O/c1-2-21-12-17-19-16(21)15-11-20(7-8-23-15)10-13-9-18-22-6-4-3-5-14(13)22/h3-6,9,12,15H,2,7-8,10-11H2,1H3. The fourth-order valence-corrected chi connectivity index (χ4v) is 3.11. The second-order valence-corrected chi connectivity index (χ2v) is 5.77. The molecule has 0 amide bonds. The van der Waals surface area contributed by atoms with Gasteiger partial charge in [-0.05, 0) is 19.1 Å². The Hall–Kier alpha value is -2.25. The van der Waals surface area contributed by atoms with Gasteiger partial charge in [0.1, 0.15) is 12.4 Å². The molecule has 1 saturated heterocycles. The summed E-state index contributed by atoms with van der Waals surface area (Å²) in [7, 11) is 0. The number of nitrogens with zero attached hydrogens (tertiary/aromatic N) is 6. The van der Waals surface area contributed by atoms with E-state index in [1.54, 1.807) is 6.33 Å². The summed E-state index contributed by atoms with van der Waals surface area (Å²) in [5.41, 5.74) is 2.40. The van der Waals surface area contributed by atoms with Crippen LogP contribution in [-0.2, 0) is 17.8 Å². The third-order valence-electron chi connectivity index (χ3n) is 4.32. The molecule has 0 aromatic carbocycles. The van der Waals surface area contributed by atoms with Gasteiger partial charge in [0.05, 0.1) is 18.3 Å². The Morgan fingerprint density at radius 2 is 2.30 bits per heavy atom. The number of rotatable bonds is 4. The van der Waals surface area contributed by atoms with Gasteiger partial charge in [0, 0.05) is 37.9 Å². The maximum atomic E-state index is 5.92. The van der Waals surface area contributed by atoms with E-state index in [0.717, 1.165) is 37.5 Å². The van der Waals surface area contributed by atoms with Gasteiger partial charge in [0.2, 0.25) is 0 Å². The van der Waals surface area contributed by atoms with Crippen LogP contribution >= 0.6 is 0 Å². The molecule has 3 aromatic rings. The molecule has 23 heavy (non-hydrogen) atoms. The van der Waals surface area contributed by atoms with Gasteiger partial charge in [-0.2, -0.15) is 5.10 Å². The molecule has 7 heteroatoms. The van der Waals surface area contributed by atoms with Crippen LogP contribution in [0.2, 0.25) is 0 Å². The first-order valence-corrected chi connectivity index (χ1v) is 7.98. The van der Waals surface area contributed by atoms with E-state index in [1.165, 1.54) is 5.56 Å². The number of pyridine rings is 1. The summed E-state index contributed by atoms with van der Waals surface area (Å²) >= 11 is 0. The van der Waals surface area contributed by atoms with Crippen molar-refractivity contribution in [3.63, 3.8) is 0 Å². The Labute approximate surface area is 134 Å². The third-order valence-corrected chi connectivity index (χ3v) is 4.32. The molecule has 4 heterocycles. The lowest BCUT2D eigenvalue weighted by Crippen LogP contribution is -2.38. The average Bonchev–Trinajstić information content (AvgIpc) is 3.22. The Bertz CT molecular complexity index is 795. The van der Waals surface area contributed by atoms with Crippen LogP contribution in [0.25, 0.3) is 5.52 Å². The second-order valence-electron chi connectivity index (χ2n) is 5.77. The van der Waals surface area contributed by atoms with Crippen molar-refractivity contribution in [3.8, 4) is 0 Å². The third kappa shape index (κ3) is 2.73. The van der Waals surface area contributed by atoms with Crippen molar-refractivity contribution in [3.05, 3.63) is 48.3 Å². The number of morpholine rings is 1. The maximum Gasteiger partial charge on any atom is 0.163 e. The van der Waals surface area contributed by atoms with Gasteiger partial charge in [0.25, 0.3) is 0 Å². The van der Waals surface area contributed by atoms with Gasteiger partial charge in [-0.3, -0.25) is 4.90 Å². The molecular formula is C16H20N6O. The molecule has 1 unspecified atom stereocenters. The Kier molecular flexibility index (Phi) is 3.80. The molecule has 0 N–H and O–H groups in total. The van der Waals surface area contributed by atoms with Crippen LogP contribution in [0, 0.1) is 0 Å². The van der Waals surface area contributed by atoms with E-state index in [1.807, 2.05) is 33.6 Å². The highest BCUT2D eigenvalue weighted by atomic mass is 16.5. The van der Waals surface area contributed by atoms with Gasteiger partial charge in [-0.15, -0.1) is 10.2 Å². The largest absolute Gasteiger partial charge is 0.368 e. The molecule has 0 radical (unpaired) electrons. The summed E-state index contributed by atoms with van der Waals surface area (Å²) in [6.07, 6.45) is 5.68. The van der Waals surface area contributed by atoms with Crippen LogP contribution in [0.4, 0.5) is 0 Å². The number of ether oxygens (including phenoxy) is 1. The normalized spacial score (nSPS) is 19.4. The van der Waals surface area contributed by atoms with Gasteiger partial charge >= 0.3 is 0 Å². The number of aromatic nitrogens is 5. The van der Waals surface area contributed by atoms with E-state index >= 15 is 0 Å². The second kappa shape index (κ2) is 6.10. The molecule has 0 bridgehead atoms. The van der Waals surface area contributed by atoms with Crippen LogP contribution in [0.3, 0.4) is 0 Å². The van der Waals surface area contributed by atoms with Crippen LogP contribution < -0.4 is 0 Å². The zero-order chi connectivity index (χ0) is 15.6. The Morgan fingerprint density at radius 3 is 3.22 bits per heavy atom. The minimum absolute atomic E-state index is 0.0203. The fraction of sp³-hybridized carbons (Fsp3) is 0.438. The topological polar surface area (TPSA) is 60.5 Å². The van der Waals surface area contributed by atoms with E-state index < -0.39 is 0 Å². The van der Waals surface area contributed by atoms with Crippen molar-refractivity contribution in [2.75, 3.05) is 19.7 Å². The van der Waals surface area contributed by atoms with E-state index in [4.69, 9.17) is 4.74 Å². The van der Waals surface area contributed by atoms with Gasteiger partial charge in [0.15, 0.2) is 5.82 Å². The molecule has 7 nitrogen and oxygen atoms in total. The first-order chi connectivity index (χ1) is 11.3. The summed E-state index contributed by atoms with van der Waals surface area (Å²) < 4.78 is 9.88. The lowest BCUT2D eigenvalue weighted by Gasteiger charge is -2.32. The van der Waals surface area contributed by atoms with E-state index in [9.17, 15) is 0 Å². The SMILES string of the molecule is CCn1cnnc1C1CN(Cc2cnn3ccccc23)CCO1. The van der Waals surface area contributed by atoms with E-state index in [2.05, 4.69) is 33.2 Å². The predicted molar refractivity (Wildman–Crippen MR) is 84.9 cm³/mol. The van der Waals surface area contributed by atoms with Gasteiger partial charge < -0.3 is 9.30 Å². The maximum absolute atomic E-state index is 5.92. The summed E-state index contributed by atoms with van der Waals surface area (Å²) in [5.74, 6) is 0.914. The number of fused-ring (bicyclic) bond motifs is 1. The highest BCUT2D eigenvalue weighted by Crippen LogP contribution is 2.22. The predicted octanol–water partition coefficient (Wildman–Crippen LogP) is 1.52. The smallest absolute Gasteiger partial charge is 0.163 e. The summed E-state index contributed by atoms with van der Waals surface area (Å²) in [5, 5.41) is 12.7. The minimum atomic E-state index is -0.0203. The molecule has 0 spiro atoms. The molecular weight excluding hydrogens is 292 g/mol.